The summed E-state index contributed by atoms with van der Waals surface area (Å²) in [6.07, 6.45) is 17.5. The van der Waals surface area contributed by atoms with Gasteiger partial charge in [0.2, 0.25) is 0 Å². The molecule has 0 unspecified atom stereocenters. The van der Waals surface area contributed by atoms with Crippen molar-refractivity contribution in [1.29, 1.82) is 0 Å². The van der Waals surface area contributed by atoms with E-state index in [1.165, 1.54) is 83.5 Å². The van der Waals surface area contributed by atoms with Gasteiger partial charge in [0.05, 0.1) is 6.61 Å². The van der Waals surface area contributed by atoms with E-state index in [1.54, 1.807) is 0 Å². The minimum absolute atomic E-state index is 0.542. The van der Waals surface area contributed by atoms with Crippen LogP contribution in [0.4, 0.5) is 0 Å². The number of rotatable bonds is 16. The Morgan fingerprint density at radius 1 is 0.700 bits per heavy atom. The molecule has 1 radical (unpaired) electrons. The number of hydrogen-bond donors (Lipinski definition) is 0. The zero-order valence-corrected chi connectivity index (χ0v) is 13.8. The monoisotopic (exact) mass is 283 g/mol. The molecule has 0 aliphatic rings. The van der Waals surface area contributed by atoms with Crippen LogP contribution in [0.1, 0.15) is 97.3 Å². The number of ether oxygens (including phenoxy) is 1. The van der Waals surface area contributed by atoms with Crippen molar-refractivity contribution >= 4 is 6.47 Å². The van der Waals surface area contributed by atoms with Crippen LogP contribution in [0.5, 0.6) is 0 Å². The van der Waals surface area contributed by atoms with Crippen LogP contribution in [0.15, 0.2) is 0 Å². The van der Waals surface area contributed by atoms with E-state index in [9.17, 15) is 4.79 Å². The van der Waals surface area contributed by atoms with Gasteiger partial charge in [0, 0.05) is 0 Å². The molecule has 0 aromatic rings. The molecule has 0 heterocycles. The van der Waals surface area contributed by atoms with Crippen LogP contribution in [0.3, 0.4) is 0 Å². The average molecular weight is 283 g/mol. The molecule has 0 amide bonds. The first-order valence-corrected chi connectivity index (χ1v) is 8.76. The van der Waals surface area contributed by atoms with Crippen LogP contribution in [-0.2, 0) is 9.53 Å². The van der Waals surface area contributed by atoms with Gasteiger partial charge < -0.3 is 4.74 Å². The third kappa shape index (κ3) is 17.5. The standard InChI is InChI=1S/C18H35O2/c1-18(2)15-13-11-9-7-5-3-4-6-8-10-12-14-16-20-17-19/h18H,3-16H2,1-2H3. The molecule has 0 N–H and O–H groups in total. The van der Waals surface area contributed by atoms with E-state index in [1.807, 2.05) is 0 Å². The highest BCUT2D eigenvalue weighted by molar-refractivity contribution is 5.37. The van der Waals surface area contributed by atoms with Crippen molar-refractivity contribution in [3.63, 3.8) is 0 Å². The predicted molar refractivity (Wildman–Crippen MR) is 86.5 cm³/mol. The summed E-state index contributed by atoms with van der Waals surface area (Å²) < 4.78 is 4.54. The second kappa shape index (κ2) is 16.5. The molecule has 0 bridgehead atoms. The Hall–Kier alpha value is -0.530. The van der Waals surface area contributed by atoms with Crippen LogP contribution in [0, 0.1) is 5.92 Å². The van der Waals surface area contributed by atoms with Gasteiger partial charge >= 0.3 is 6.47 Å². The summed E-state index contributed by atoms with van der Waals surface area (Å²) in [6, 6.07) is 0. The van der Waals surface area contributed by atoms with E-state index in [0.29, 0.717) is 6.61 Å². The first kappa shape index (κ1) is 19.5. The topological polar surface area (TPSA) is 26.3 Å². The molecular formula is C18H35O2. The van der Waals surface area contributed by atoms with Crippen molar-refractivity contribution < 1.29 is 9.53 Å². The van der Waals surface area contributed by atoms with E-state index in [0.717, 1.165) is 12.3 Å². The van der Waals surface area contributed by atoms with Gasteiger partial charge in [-0.2, -0.15) is 0 Å². The Bertz CT molecular complexity index is 190. The van der Waals surface area contributed by atoms with Crippen molar-refractivity contribution in [3.8, 4) is 0 Å². The van der Waals surface area contributed by atoms with E-state index in [4.69, 9.17) is 0 Å². The number of carbonyl (C=O) groups excluding carboxylic acids is 1. The fraction of sp³-hybridized carbons (Fsp3) is 0.944. The van der Waals surface area contributed by atoms with Crippen molar-refractivity contribution in [2.24, 2.45) is 5.92 Å². The summed E-state index contributed by atoms with van der Waals surface area (Å²) in [6.45, 7) is 6.63. The van der Waals surface area contributed by atoms with Gasteiger partial charge in [0.1, 0.15) is 0 Å². The van der Waals surface area contributed by atoms with Gasteiger partial charge in [-0.3, -0.25) is 0 Å². The number of unbranched alkanes of at least 4 members (excludes halogenated alkanes) is 11. The first-order valence-electron chi connectivity index (χ1n) is 8.76. The summed E-state index contributed by atoms with van der Waals surface area (Å²) >= 11 is 0. The Kier molecular flexibility index (Phi) is 16.1. The Morgan fingerprint density at radius 3 is 1.50 bits per heavy atom. The molecule has 2 heteroatoms. The summed E-state index contributed by atoms with van der Waals surface area (Å²) in [7, 11) is 0. The molecule has 0 saturated carbocycles. The Labute approximate surface area is 126 Å². The van der Waals surface area contributed by atoms with Crippen LogP contribution < -0.4 is 0 Å². The highest BCUT2D eigenvalue weighted by Crippen LogP contribution is 2.13. The van der Waals surface area contributed by atoms with E-state index < -0.39 is 0 Å². The van der Waals surface area contributed by atoms with Gasteiger partial charge in [-0.25, -0.2) is 4.79 Å². The van der Waals surface area contributed by atoms with Gasteiger partial charge in [-0.1, -0.05) is 90.9 Å². The van der Waals surface area contributed by atoms with E-state index >= 15 is 0 Å². The minimum atomic E-state index is 0.542. The van der Waals surface area contributed by atoms with Crippen LogP contribution in [0.25, 0.3) is 0 Å². The maximum atomic E-state index is 9.81. The van der Waals surface area contributed by atoms with Crippen molar-refractivity contribution in [1.82, 2.24) is 0 Å². The maximum Gasteiger partial charge on any atom is 0.417 e. The third-order valence-corrected chi connectivity index (χ3v) is 3.84. The molecule has 0 aliphatic carbocycles. The van der Waals surface area contributed by atoms with Crippen molar-refractivity contribution in [2.75, 3.05) is 6.61 Å². The molecule has 0 aromatic carbocycles. The van der Waals surface area contributed by atoms with Gasteiger partial charge in [-0.05, 0) is 12.3 Å². The Balaban J connectivity index is 2.94. The van der Waals surface area contributed by atoms with Crippen LogP contribution >= 0.6 is 0 Å². The fourth-order valence-electron chi connectivity index (χ4n) is 2.54. The van der Waals surface area contributed by atoms with Crippen molar-refractivity contribution in [2.45, 2.75) is 97.3 Å². The van der Waals surface area contributed by atoms with Gasteiger partial charge in [0.25, 0.3) is 0 Å². The van der Waals surface area contributed by atoms with Crippen molar-refractivity contribution in [3.05, 3.63) is 0 Å². The SMILES string of the molecule is CC(C)CCCCCCCCCCCCCCO[C]=O. The molecule has 119 valence electrons. The second-order valence-corrected chi connectivity index (χ2v) is 6.36. The van der Waals surface area contributed by atoms with Crippen LogP contribution in [0.2, 0.25) is 0 Å². The largest absolute Gasteiger partial charge is 0.457 e. The Morgan fingerprint density at radius 2 is 1.10 bits per heavy atom. The predicted octanol–water partition coefficient (Wildman–Crippen LogP) is 5.80. The molecule has 20 heavy (non-hydrogen) atoms. The lowest BCUT2D eigenvalue weighted by atomic mass is 10.0. The van der Waals surface area contributed by atoms with E-state index in [-0.39, 0.29) is 0 Å². The molecular weight excluding hydrogens is 248 g/mol. The lowest BCUT2D eigenvalue weighted by Gasteiger charge is -2.04. The highest BCUT2D eigenvalue weighted by Gasteiger charge is 1.96. The second-order valence-electron chi connectivity index (χ2n) is 6.36. The van der Waals surface area contributed by atoms with E-state index in [2.05, 4.69) is 18.6 Å². The molecule has 0 atom stereocenters. The summed E-state index contributed by atoms with van der Waals surface area (Å²) in [5.41, 5.74) is 0. The minimum Gasteiger partial charge on any atom is -0.457 e. The molecule has 0 aromatic heterocycles. The first-order chi connectivity index (χ1) is 9.77. The summed E-state index contributed by atoms with van der Waals surface area (Å²) in [5.74, 6) is 0.873. The van der Waals surface area contributed by atoms with Crippen LogP contribution in [-0.4, -0.2) is 13.1 Å². The lowest BCUT2D eigenvalue weighted by molar-refractivity contribution is 0.268. The third-order valence-electron chi connectivity index (χ3n) is 3.84. The molecule has 0 fully saturated rings. The van der Waals surface area contributed by atoms with Gasteiger partial charge in [0.15, 0.2) is 0 Å². The summed E-state index contributed by atoms with van der Waals surface area (Å²) in [4.78, 5) is 9.81. The fourth-order valence-corrected chi connectivity index (χ4v) is 2.54. The van der Waals surface area contributed by atoms with Gasteiger partial charge in [-0.15, -0.1) is 0 Å². The lowest BCUT2D eigenvalue weighted by Crippen LogP contribution is -1.91. The molecule has 0 rings (SSSR count). The average Bonchev–Trinajstić information content (AvgIpc) is 2.43. The maximum absolute atomic E-state index is 9.81. The molecule has 0 aliphatic heterocycles. The normalized spacial score (nSPS) is 10.9. The number of hydrogen-bond acceptors (Lipinski definition) is 2. The smallest absolute Gasteiger partial charge is 0.417 e. The molecule has 0 saturated heterocycles. The molecule has 2 nitrogen and oxygen atoms in total. The summed E-state index contributed by atoms with van der Waals surface area (Å²) in [5, 5.41) is 0. The highest BCUT2D eigenvalue weighted by atomic mass is 16.5. The zero-order valence-electron chi connectivity index (χ0n) is 13.8. The zero-order chi connectivity index (χ0) is 14.9. The molecule has 0 spiro atoms. The quantitative estimate of drug-likeness (QED) is 0.335.